The first kappa shape index (κ1) is 26.5. The summed E-state index contributed by atoms with van der Waals surface area (Å²) in [6.07, 6.45) is 4.29. The summed E-state index contributed by atoms with van der Waals surface area (Å²) in [5.74, 6) is 1.66. The number of benzene rings is 5. The average molecular weight is 592 g/mol. The average Bonchev–Trinajstić information content (AvgIpc) is 3.15. The molecule has 0 aliphatic carbocycles. The molecule has 0 unspecified atom stereocenters. The maximum absolute atomic E-state index is 7.39. The second kappa shape index (κ2) is 10.4. The molecular weight excluding hydrogens is 562 g/mol. The lowest BCUT2D eigenvalue weighted by molar-refractivity contribution is -0.543. The number of hydrogen-bond acceptors (Lipinski definition) is 2. The van der Waals surface area contributed by atoms with Crippen molar-refractivity contribution in [3.05, 3.63) is 182 Å². The highest BCUT2D eigenvalue weighted by Gasteiger charge is 2.52. The van der Waals surface area contributed by atoms with Gasteiger partial charge in [-0.1, -0.05) is 155 Å². The van der Waals surface area contributed by atoms with Gasteiger partial charge in [0, 0.05) is 12.1 Å². The summed E-state index contributed by atoms with van der Waals surface area (Å²) >= 11 is 0. The van der Waals surface area contributed by atoms with Crippen LogP contribution in [0.2, 0.25) is 0 Å². The lowest BCUT2D eigenvalue weighted by Gasteiger charge is -2.44. The summed E-state index contributed by atoms with van der Waals surface area (Å²) in [4.78, 5) is 0. The fraction of sp³-hybridized carbons (Fsp3) is 0. The predicted molar refractivity (Wildman–Crippen MR) is 186 cm³/mol. The van der Waals surface area contributed by atoms with Crippen LogP contribution in [0.25, 0.3) is 22.5 Å². The quantitative estimate of drug-likeness (QED) is 0.280. The van der Waals surface area contributed by atoms with Crippen molar-refractivity contribution in [2.75, 3.05) is 0 Å². The molecule has 218 valence electrons. The molecule has 7 aromatic rings. The van der Waals surface area contributed by atoms with E-state index in [0.717, 1.165) is 55.9 Å². The van der Waals surface area contributed by atoms with Gasteiger partial charge in [0.2, 0.25) is 0 Å². The molecular formula is C40H30B2N2O2. The van der Waals surface area contributed by atoms with Crippen LogP contribution in [0.3, 0.4) is 0 Å². The van der Waals surface area contributed by atoms with Crippen LogP contribution in [0.15, 0.2) is 182 Å². The summed E-state index contributed by atoms with van der Waals surface area (Å²) in [5.41, 5.74) is 8.58. The van der Waals surface area contributed by atoms with Crippen molar-refractivity contribution in [1.29, 1.82) is 0 Å². The van der Waals surface area contributed by atoms with E-state index in [1.807, 2.05) is 0 Å². The lowest BCUT2D eigenvalue weighted by atomic mass is 9.40. The zero-order valence-corrected chi connectivity index (χ0v) is 25.2. The first-order valence-electron chi connectivity index (χ1n) is 15.9. The van der Waals surface area contributed by atoms with Crippen molar-refractivity contribution in [1.82, 2.24) is 0 Å². The maximum Gasteiger partial charge on any atom is 0.513 e. The van der Waals surface area contributed by atoms with E-state index in [1.54, 1.807) is 0 Å². The standard InChI is InChI=1S/C40H30B2N2O2/c1-5-17-31(18-6-1)41(32-19-7-2-8-20-32)43-27-15-13-25-37(43)35-30-40-36(29-39(35)45-41)38-26-14-16-28-44(38)42(46-40,33-21-9-3-10-22-33)34-23-11-4-12-24-34/h1-30H. The van der Waals surface area contributed by atoms with Crippen LogP contribution in [-0.4, -0.2) is 13.0 Å². The molecule has 9 rings (SSSR count). The SMILES string of the molecule is c1ccc([B-]2(c3ccccc3)Oc3cc4c(cc3-c3cccc[n+]32)O[B-](c2ccccc2)(c2ccccc2)[n+]2ccccc2-4)cc1. The minimum absolute atomic E-state index is 0.830. The Morgan fingerprint density at radius 2 is 0.652 bits per heavy atom. The Morgan fingerprint density at radius 3 is 0.978 bits per heavy atom. The minimum atomic E-state index is -1.85. The molecule has 4 nitrogen and oxygen atoms in total. The normalized spacial score (nSPS) is 14.8. The molecule has 0 amide bonds. The van der Waals surface area contributed by atoms with Gasteiger partial charge in [0.25, 0.3) is 0 Å². The van der Waals surface area contributed by atoms with Crippen LogP contribution in [0.1, 0.15) is 0 Å². The molecule has 2 aromatic heterocycles. The highest BCUT2D eigenvalue weighted by Crippen LogP contribution is 2.44. The van der Waals surface area contributed by atoms with Crippen molar-refractivity contribution < 1.29 is 18.3 Å². The van der Waals surface area contributed by atoms with Crippen molar-refractivity contribution in [3.8, 4) is 34.0 Å². The van der Waals surface area contributed by atoms with Gasteiger partial charge in [0.05, 0.1) is 22.6 Å². The second-order valence-corrected chi connectivity index (χ2v) is 12.2. The molecule has 6 heteroatoms. The van der Waals surface area contributed by atoms with Gasteiger partial charge < -0.3 is 18.3 Å². The molecule has 0 radical (unpaired) electrons. The third kappa shape index (κ3) is 3.77. The van der Waals surface area contributed by atoms with E-state index in [0.29, 0.717) is 0 Å². The van der Waals surface area contributed by atoms with Gasteiger partial charge in [-0.05, 0) is 24.3 Å². The highest BCUT2D eigenvalue weighted by molar-refractivity contribution is 6.92. The van der Waals surface area contributed by atoms with Crippen LogP contribution in [0.4, 0.5) is 0 Å². The Hall–Kier alpha value is -5.87. The minimum Gasteiger partial charge on any atom is -0.651 e. The van der Waals surface area contributed by atoms with Gasteiger partial charge in [-0.25, -0.2) is 0 Å². The monoisotopic (exact) mass is 592 g/mol. The molecule has 0 fully saturated rings. The van der Waals surface area contributed by atoms with E-state index in [9.17, 15) is 0 Å². The molecule has 0 atom stereocenters. The molecule has 5 aromatic carbocycles. The summed E-state index contributed by atoms with van der Waals surface area (Å²) < 4.78 is 19.4. The van der Waals surface area contributed by atoms with E-state index in [2.05, 4.69) is 191 Å². The fourth-order valence-electron chi connectivity index (χ4n) is 7.79. The molecule has 0 spiro atoms. The van der Waals surface area contributed by atoms with Gasteiger partial charge in [-0.2, -0.15) is 0 Å². The summed E-state index contributed by atoms with van der Waals surface area (Å²) in [6.45, 7) is -3.71. The van der Waals surface area contributed by atoms with Crippen molar-refractivity contribution >= 4 is 34.8 Å². The van der Waals surface area contributed by atoms with Gasteiger partial charge in [0.15, 0.2) is 11.4 Å². The molecule has 2 aliphatic rings. The molecule has 0 saturated heterocycles. The fourth-order valence-corrected chi connectivity index (χ4v) is 7.79. The highest BCUT2D eigenvalue weighted by atomic mass is 16.5. The Morgan fingerprint density at radius 1 is 0.348 bits per heavy atom. The van der Waals surface area contributed by atoms with E-state index in [-0.39, 0.29) is 0 Å². The van der Waals surface area contributed by atoms with Gasteiger partial charge in [0.1, 0.15) is 12.4 Å². The van der Waals surface area contributed by atoms with E-state index in [4.69, 9.17) is 9.31 Å². The number of nitrogens with zero attached hydrogens (tertiary/aromatic N) is 2. The third-order valence-corrected chi connectivity index (χ3v) is 9.80. The topological polar surface area (TPSA) is 26.2 Å². The first-order valence-corrected chi connectivity index (χ1v) is 15.9. The lowest BCUT2D eigenvalue weighted by Crippen LogP contribution is -2.84. The zero-order valence-electron chi connectivity index (χ0n) is 25.2. The first-order chi connectivity index (χ1) is 22.8. The van der Waals surface area contributed by atoms with E-state index < -0.39 is 13.0 Å². The molecule has 2 aliphatic heterocycles. The van der Waals surface area contributed by atoms with Crippen molar-refractivity contribution in [2.24, 2.45) is 0 Å². The Balaban J connectivity index is 1.32. The number of hydrogen-bond donors (Lipinski definition) is 0. The number of aromatic nitrogens is 2. The third-order valence-electron chi connectivity index (χ3n) is 9.80. The molecule has 46 heavy (non-hydrogen) atoms. The summed E-state index contributed by atoms with van der Waals surface area (Å²) in [6, 6.07) is 59.4. The summed E-state index contributed by atoms with van der Waals surface area (Å²) in [5, 5.41) is 0. The van der Waals surface area contributed by atoms with Crippen LogP contribution in [0, 0.1) is 0 Å². The van der Waals surface area contributed by atoms with Crippen LogP contribution >= 0.6 is 0 Å². The largest absolute Gasteiger partial charge is 0.651 e. The number of fused-ring (bicyclic) bond motifs is 6. The smallest absolute Gasteiger partial charge is 0.513 e. The Kier molecular flexibility index (Phi) is 5.97. The molecule has 0 saturated carbocycles. The van der Waals surface area contributed by atoms with E-state index in [1.165, 1.54) is 0 Å². The maximum atomic E-state index is 7.39. The molecule has 0 bridgehead atoms. The van der Waals surface area contributed by atoms with E-state index >= 15 is 0 Å². The van der Waals surface area contributed by atoms with Crippen LogP contribution < -0.4 is 40.1 Å². The Bertz CT molecular complexity index is 1970. The molecule has 0 N–H and O–H groups in total. The van der Waals surface area contributed by atoms with Crippen LogP contribution in [0.5, 0.6) is 11.5 Å². The van der Waals surface area contributed by atoms with Gasteiger partial charge in [-0.3, -0.25) is 0 Å². The number of rotatable bonds is 4. The zero-order chi connectivity index (χ0) is 30.6. The van der Waals surface area contributed by atoms with Gasteiger partial charge in [-0.15, -0.1) is 0 Å². The Labute approximate surface area is 268 Å². The van der Waals surface area contributed by atoms with Crippen molar-refractivity contribution in [2.45, 2.75) is 0 Å². The van der Waals surface area contributed by atoms with Gasteiger partial charge >= 0.3 is 13.0 Å². The molecule has 4 heterocycles. The van der Waals surface area contributed by atoms with Crippen molar-refractivity contribution in [3.63, 3.8) is 0 Å². The number of pyridine rings is 2. The predicted octanol–water partition coefficient (Wildman–Crippen LogP) is 4.59. The second-order valence-electron chi connectivity index (χ2n) is 12.2. The summed E-state index contributed by atoms with van der Waals surface area (Å²) in [7, 11) is 0. The van der Waals surface area contributed by atoms with Crippen LogP contribution in [-0.2, 0) is 0 Å².